The van der Waals surface area contributed by atoms with Crippen molar-refractivity contribution in [2.24, 2.45) is 0 Å². The molecule has 0 aliphatic heterocycles. The van der Waals surface area contributed by atoms with Crippen molar-refractivity contribution in [3.63, 3.8) is 0 Å². The maximum absolute atomic E-state index is 11.9. The fourth-order valence-electron chi connectivity index (χ4n) is 1.91. The van der Waals surface area contributed by atoms with Crippen molar-refractivity contribution in [3.05, 3.63) is 52.6 Å². The molecule has 5 heteroatoms. The number of hydrogen-bond donors (Lipinski definition) is 0. The van der Waals surface area contributed by atoms with Crippen LogP contribution in [0.3, 0.4) is 0 Å². The summed E-state index contributed by atoms with van der Waals surface area (Å²) in [6.07, 6.45) is 5.14. The molecule has 0 amide bonds. The first-order valence-electron chi connectivity index (χ1n) is 6.04. The number of aryl methyl sites for hydroxylation is 1. The number of rotatable bonds is 4. The first-order chi connectivity index (χ1) is 9.13. The van der Waals surface area contributed by atoms with Gasteiger partial charge in [0, 0.05) is 25.1 Å². The van der Waals surface area contributed by atoms with Crippen molar-refractivity contribution in [1.29, 1.82) is 0 Å². The molecule has 2 aromatic rings. The number of hydrogen-bond acceptors (Lipinski definition) is 3. The number of halogens is 1. The Morgan fingerprint density at radius 1 is 1.47 bits per heavy atom. The fraction of sp³-hybridized carbons (Fsp3) is 0.286. The lowest BCUT2D eigenvalue weighted by atomic mass is 10.2. The number of carbonyl (C=O) groups excluding carboxylic acids is 1. The highest BCUT2D eigenvalue weighted by Gasteiger charge is 2.16. The van der Waals surface area contributed by atoms with Crippen LogP contribution in [0.25, 0.3) is 0 Å². The number of carbonyl (C=O) groups is 1. The SMILES string of the molecule is CCOC(=O)c1c(C)ccn1Cc1ccncc1Cl. The lowest BCUT2D eigenvalue weighted by Gasteiger charge is -2.10. The molecule has 0 N–H and O–H groups in total. The minimum Gasteiger partial charge on any atom is -0.461 e. The summed E-state index contributed by atoms with van der Waals surface area (Å²) in [7, 11) is 0. The summed E-state index contributed by atoms with van der Waals surface area (Å²) in [6.45, 7) is 4.56. The maximum Gasteiger partial charge on any atom is 0.355 e. The fourth-order valence-corrected chi connectivity index (χ4v) is 2.09. The number of ether oxygens (including phenoxy) is 1. The first-order valence-corrected chi connectivity index (χ1v) is 6.42. The average molecular weight is 279 g/mol. The molecule has 0 aliphatic carbocycles. The standard InChI is InChI=1S/C14H15ClN2O2/c1-3-19-14(18)13-10(2)5-7-17(13)9-11-4-6-16-8-12(11)15/h4-8H,3,9H2,1-2H3. The van der Waals surface area contributed by atoms with Gasteiger partial charge in [0.25, 0.3) is 0 Å². The highest BCUT2D eigenvalue weighted by molar-refractivity contribution is 6.31. The zero-order valence-electron chi connectivity index (χ0n) is 10.9. The van der Waals surface area contributed by atoms with Crippen molar-refractivity contribution in [1.82, 2.24) is 9.55 Å². The molecule has 2 heterocycles. The highest BCUT2D eigenvalue weighted by atomic mass is 35.5. The zero-order chi connectivity index (χ0) is 13.8. The lowest BCUT2D eigenvalue weighted by Crippen LogP contribution is -2.14. The van der Waals surface area contributed by atoms with Gasteiger partial charge >= 0.3 is 5.97 Å². The van der Waals surface area contributed by atoms with Crippen LogP contribution in [0, 0.1) is 6.92 Å². The van der Waals surface area contributed by atoms with E-state index in [1.165, 1.54) is 0 Å². The van der Waals surface area contributed by atoms with E-state index in [-0.39, 0.29) is 5.97 Å². The summed E-state index contributed by atoms with van der Waals surface area (Å²) in [5.41, 5.74) is 2.37. The molecular weight excluding hydrogens is 264 g/mol. The Kier molecular flexibility index (Phi) is 4.22. The second-order valence-electron chi connectivity index (χ2n) is 4.16. The Morgan fingerprint density at radius 3 is 2.95 bits per heavy atom. The quantitative estimate of drug-likeness (QED) is 0.808. The van der Waals surface area contributed by atoms with E-state index in [1.54, 1.807) is 19.3 Å². The molecule has 0 unspecified atom stereocenters. The third-order valence-corrected chi connectivity index (χ3v) is 3.17. The molecule has 0 saturated heterocycles. The smallest absolute Gasteiger partial charge is 0.355 e. The van der Waals surface area contributed by atoms with E-state index >= 15 is 0 Å². The van der Waals surface area contributed by atoms with Crippen LogP contribution in [0.2, 0.25) is 5.02 Å². The summed E-state index contributed by atoms with van der Waals surface area (Å²) in [4.78, 5) is 15.9. The molecular formula is C14H15ClN2O2. The minimum atomic E-state index is -0.310. The van der Waals surface area contributed by atoms with Gasteiger partial charge in [-0.15, -0.1) is 0 Å². The van der Waals surface area contributed by atoms with E-state index in [1.807, 2.05) is 29.8 Å². The Morgan fingerprint density at radius 2 is 2.26 bits per heavy atom. The normalized spacial score (nSPS) is 10.5. The van der Waals surface area contributed by atoms with E-state index < -0.39 is 0 Å². The predicted molar refractivity (Wildman–Crippen MR) is 73.5 cm³/mol. The predicted octanol–water partition coefficient (Wildman–Crippen LogP) is 3.07. The molecule has 0 saturated carbocycles. The van der Waals surface area contributed by atoms with Crippen LogP contribution >= 0.6 is 11.6 Å². The van der Waals surface area contributed by atoms with E-state index in [2.05, 4.69) is 4.98 Å². The van der Waals surface area contributed by atoms with Crippen LogP contribution in [0.1, 0.15) is 28.5 Å². The van der Waals surface area contributed by atoms with Gasteiger partial charge in [-0.1, -0.05) is 11.6 Å². The molecule has 0 aliphatic rings. The van der Waals surface area contributed by atoms with Crippen molar-refractivity contribution in [3.8, 4) is 0 Å². The monoisotopic (exact) mass is 278 g/mol. The van der Waals surface area contributed by atoms with E-state index in [0.29, 0.717) is 23.9 Å². The maximum atomic E-state index is 11.9. The number of aromatic nitrogens is 2. The van der Waals surface area contributed by atoms with Gasteiger partial charge in [0.05, 0.1) is 11.6 Å². The third-order valence-electron chi connectivity index (χ3n) is 2.83. The molecule has 100 valence electrons. The topological polar surface area (TPSA) is 44.1 Å². The van der Waals surface area contributed by atoms with Crippen LogP contribution in [0.5, 0.6) is 0 Å². The third kappa shape index (κ3) is 2.96. The Bertz CT molecular complexity index is 593. The summed E-state index contributed by atoms with van der Waals surface area (Å²) >= 11 is 6.08. The van der Waals surface area contributed by atoms with Gasteiger partial charge in [0.2, 0.25) is 0 Å². The molecule has 0 atom stereocenters. The molecule has 0 radical (unpaired) electrons. The van der Waals surface area contributed by atoms with Gasteiger partial charge in [-0.3, -0.25) is 4.98 Å². The van der Waals surface area contributed by atoms with Crippen LogP contribution in [-0.4, -0.2) is 22.1 Å². The number of esters is 1. The molecule has 2 aromatic heterocycles. The molecule has 2 rings (SSSR count). The molecule has 0 spiro atoms. The molecule has 0 aromatic carbocycles. The number of nitrogens with zero attached hydrogens (tertiary/aromatic N) is 2. The average Bonchev–Trinajstić information content (AvgIpc) is 2.74. The van der Waals surface area contributed by atoms with E-state index in [0.717, 1.165) is 11.1 Å². The summed E-state index contributed by atoms with van der Waals surface area (Å²) in [5, 5.41) is 0.587. The zero-order valence-corrected chi connectivity index (χ0v) is 11.6. The second kappa shape index (κ2) is 5.89. The van der Waals surface area contributed by atoms with Crippen LogP contribution in [-0.2, 0) is 11.3 Å². The van der Waals surface area contributed by atoms with Gasteiger partial charge in [0.15, 0.2) is 0 Å². The molecule has 0 bridgehead atoms. The van der Waals surface area contributed by atoms with Crippen molar-refractivity contribution < 1.29 is 9.53 Å². The van der Waals surface area contributed by atoms with Crippen LogP contribution < -0.4 is 0 Å². The molecule has 0 fully saturated rings. The van der Waals surface area contributed by atoms with E-state index in [4.69, 9.17) is 16.3 Å². The first kappa shape index (κ1) is 13.6. The highest BCUT2D eigenvalue weighted by Crippen LogP contribution is 2.18. The minimum absolute atomic E-state index is 0.310. The summed E-state index contributed by atoms with van der Waals surface area (Å²) in [5.74, 6) is -0.310. The summed E-state index contributed by atoms with van der Waals surface area (Å²) < 4.78 is 6.91. The van der Waals surface area contributed by atoms with Crippen molar-refractivity contribution in [2.75, 3.05) is 6.61 Å². The molecule has 4 nitrogen and oxygen atoms in total. The Balaban J connectivity index is 2.31. The largest absolute Gasteiger partial charge is 0.461 e. The lowest BCUT2D eigenvalue weighted by molar-refractivity contribution is 0.0513. The Hall–Kier alpha value is -1.81. The van der Waals surface area contributed by atoms with Crippen molar-refractivity contribution in [2.45, 2.75) is 20.4 Å². The Labute approximate surface area is 117 Å². The molecule has 19 heavy (non-hydrogen) atoms. The van der Waals surface area contributed by atoms with Gasteiger partial charge in [0.1, 0.15) is 5.69 Å². The van der Waals surface area contributed by atoms with Crippen LogP contribution in [0.4, 0.5) is 0 Å². The van der Waals surface area contributed by atoms with Gasteiger partial charge in [-0.2, -0.15) is 0 Å². The van der Waals surface area contributed by atoms with Gasteiger partial charge in [-0.25, -0.2) is 4.79 Å². The van der Waals surface area contributed by atoms with Crippen LogP contribution in [0.15, 0.2) is 30.7 Å². The number of pyridine rings is 1. The second-order valence-corrected chi connectivity index (χ2v) is 4.57. The summed E-state index contributed by atoms with van der Waals surface area (Å²) in [6, 6.07) is 3.73. The van der Waals surface area contributed by atoms with Gasteiger partial charge < -0.3 is 9.30 Å². The van der Waals surface area contributed by atoms with Crippen molar-refractivity contribution >= 4 is 17.6 Å². The van der Waals surface area contributed by atoms with E-state index in [9.17, 15) is 4.79 Å². The van der Waals surface area contributed by atoms with Gasteiger partial charge in [-0.05, 0) is 37.1 Å².